The van der Waals surface area contributed by atoms with E-state index in [9.17, 15) is 19.2 Å². The van der Waals surface area contributed by atoms with E-state index in [1.165, 1.54) is 17.8 Å². The Labute approximate surface area is 247 Å². The Morgan fingerprint density at radius 2 is 1.53 bits per heavy atom. The molecular formula is C26H37N3O14. The summed E-state index contributed by atoms with van der Waals surface area (Å²) in [4.78, 5) is 47.5. The van der Waals surface area contributed by atoms with Crippen molar-refractivity contribution in [2.45, 2.75) is 109 Å². The summed E-state index contributed by atoms with van der Waals surface area (Å²) in [7, 11) is 1.54. The molecule has 3 saturated heterocycles. The average Bonchev–Trinajstić information content (AvgIpc) is 3.56. The van der Waals surface area contributed by atoms with Crippen molar-refractivity contribution in [3.05, 3.63) is 11.9 Å². The van der Waals surface area contributed by atoms with Gasteiger partial charge in [0.15, 0.2) is 36.7 Å². The van der Waals surface area contributed by atoms with E-state index in [0.717, 1.165) is 20.8 Å². The van der Waals surface area contributed by atoms with Crippen LogP contribution < -0.4 is 0 Å². The van der Waals surface area contributed by atoms with Gasteiger partial charge in [-0.05, 0) is 13.8 Å². The van der Waals surface area contributed by atoms with Gasteiger partial charge in [-0.2, -0.15) is 0 Å². The predicted molar refractivity (Wildman–Crippen MR) is 136 cm³/mol. The SMILES string of the molecule is CO[C@@H]1[C@H]2OC(C)(C)O[C@H]2O[C@@H]1c1cnnn1CCO[C@@H]1O[C@H](COC(C)=O)[C@@H](OC(C)=O)[C@H](OC(C)=O)[C@H]1OC(C)=O. The lowest BCUT2D eigenvalue weighted by Crippen LogP contribution is -2.63. The number of aromatic nitrogens is 3. The van der Waals surface area contributed by atoms with E-state index in [2.05, 4.69) is 10.3 Å². The first-order chi connectivity index (χ1) is 20.3. The summed E-state index contributed by atoms with van der Waals surface area (Å²) in [6.45, 7) is 7.87. The molecule has 0 aromatic carbocycles. The molecule has 43 heavy (non-hydrogen) atoms. The highest BCUT2D eigenvalue weighted by molar-refractivity contribution is 5.68. The van der Waals surface area contributed by atoms with Gasteiger partial charge in [-0.3, -0.25) is 19.2 Å². The lowest BCUT2D eigenvalue weighted by Gasteiger charge is -2.44. The van der Waals surface area contributed by atoms with Crippen molar-refractivity contribution in [1.29, 1.82) is 0 Å². The summed E-state index contributed by atoms with van der Waals surface area (Å²) in [6.07, 6.45) is -7.15. The van der Waals surface area contributed by atoms with E-state index in [1.54, 1.807) is 21.0 Å². The molecule has 0 spiro atoms. The zero-order valence-corrected chi connectivity index (χ0v) is 25.0. The maximum absolute atomic E-state index is 12.0. The minimum atomic E-state index is -1.34. The Morgan fingerprint density at radius 3 is 2.16 bits per heavy atom. The van der Waals surface area contributed by atoms with Gasteiger partial charge in [0.1, 0.15) is 31.0 Å². The van der Waals surface area contributed by atoms with Crippen LogP contribution in [0.1, 0.15) is 53.3 Å². The molecule has 3 aliphatic heterocycles. The van der Waals surface area contributed by atoms with Crippen LogP contribution in [0, 0.1) is 0 Å². The molecule has 240 valence electrons. The van der Waals surface area contributed by atoms with Crippen LogP contribution in [0.3, 0.4) is 0 Å². The lowest BCUT2D eigenvalue weighted by molar-refractivity contribution is -0.308. The van der Waals surface area contributed by atoms with Gasteiger partial charge in [0, 0.05) is 34.8 Å². The molecule has 0 saturated carbocycles. The Morgan fingerprint density at radius 1 is 0.884 bits per heavy atom. The summed E-state index contributed by atoms with van der Waals surface area (Å²) in [5.74, 6) is -3.66. The van der Waals surface area contributed by atoms with Gasteiger partial charge in [-0.25, -0.2) is 4.68 Å². The number of hydrogen-bond donors (Lipinski definition) is 0. The quantitative estimate of drug-likeness (QED) is 0.237. The lowest BCUT2D eigenvalue weighted by atomic mass is 9.98. The van der Waals surface area contributed by atoms with E-state index < -0.39 is 85.0 Å². The van der Waals surface area contributed by atoms with Crippen LogP contribution in [0.25, 0.3) is 0 Å². The number of nitrogens with zero attached hydrogens (tertiary/aromatic N) is 3. The third-order valence-corrected chi connectivity index (χ3v) is 6.74. The zero-order chi connectivity index (χ0) is 31.5. The molecule has 17 heteroatoms. The van der Waals surface area contributed by atoms with Crippen LogP contribution in [-0.4, -0.2) is 114 Å². The number of carbonyl (C=O) groups excluding carboxylic acids is 4. The molecule has 4 rings (SSSR count). The highest BCUT2D eigenvalue weighted by Gasteiger charge is 2.56. The third-order valence-electron chi connectivity index (χ3n) is 6.74. The highest BCUT2D eigenvalue weighted by Crippen LogP contribution is 2.44. The minimum Gasteiger partial charge on any atom is -0.463 e. The minimum absolute atomic E-state index is 0.0681. The molecule has 1 aromatic rings. The summed E-state index contributed by atoms with van der Waals surface area (Å²) in [6, 6.07) is 0. The van der Waals surface area contributed by atoms with Gasteiger partial charge >= 0.3 is 23.9 Å². The maximum atomic E-state index is 12.0. The van der Waals surface area contributed by atoms with Crippen molar-refractivity contribution < 1.29 is 66.5 Å². The largest absolute Gasteiger partial charge is 0.463 e. The molecule has 0 unspecified atom stereocenters. The van der Waals surface area contributed by atoms with Gasteiger partial charge in [-0.1, -0.05) is 5.21 Å². The summed E-state index contributed by atoms with van der Waals surface area (Å²) in [5, 5.41) is 8.12. The van der Waals surface area contributed by atoms with Crippen LogP contribution in [0.2, 0.25) is 0 Å². The first kappa shape index (κ1) is 32.7. The molecule has 1 aromatic heterocycles. The molecule has 3 fully saturated rings. The smallest absolute Gasteiger partial charge is 0.303 e. The predicted octanol–water partition coefficient (Wildman–Crippen LogP) is -0.0583. The molecule has 0 bridgehead atoms. The maximum Gasteiger partial charge on any atom is 0.303 e. The molecule has 17 nitrogen and oxygen atoms in total. The fourth-order valence-corrected chi connectivity index (χ4v) is 5.21. The fourth-order valence-electron chi connectivity index (χ4n) is 5.21. The van der Waals surface area contributed by atoms with Gasteiger partial charge < -0.3 is 47.4 Å². The highest BCUT2D eigenvalue weighted by atomic mass is 16.8. The molecule has 4 heterocycles. The third kappa shape index (κ3) is 7.84. The Balaban J connectivity index is 1.50. The summed E-state index contributed by atoms with van der Waals surface area (Å²) in [5.41, 5.74) is 0.566. The average molecular weight is 616 g/mol. The number of carbonyl (C=O) groups is 4. The second-order valence-corrected chi connectivity index (χ2v) is 10.5. The standard InChI is InChI=1S/C26H37N3O14/c1-12(30)36-11-17-19(37-13(2)31)21(38-14(3)32)22(39-15(4)33)24(40-17)35-9-8-29-16(10-27-28-29)18-20(34-7)23-25(41-18)43-26(5,6)42-23/h10,17-25H,8-9,11H2,1-7H3/t17-,18-,19-,20+,21+,22-,23-,24-,25-/m1/s1. The van der Waals surface area contributed by atoms with Crippen molar-refractivity contribution in [3.63, 3.8) is 0 Å². The second kappa shape index (κ2) is 13.6. The van der Waals surface area contributed by atoms with Crippen molar-refractivity contribution in [3.8, 4) is 0 Å². The first-order valence-electron chi connectivity index (χ1n) is 13.6. The number of esters is 4. The van der Waals surface area contributed by atoms with Crippen LogP contribution in [0.5, 0.6) is 0 Å². The molecular weight excluding hydrogens is 578 g/mol. The number of methoxy groups -OCH3 is 1. The van der Waals surface area contributed by atoms with Gasteiger partial charge in [0.25, 0.3) is 0 Å². The van der Waals surface area contributed by atoms with E-state index in [-0.39, 0.29) is 19.8 Å². The summed E-state index contributed by atoms with van der Waals surface area (Å²) >= 11 is 0. The number of rotatable bonds is 11. The van der Waals surface area contributed by atoms with E-state index >= 15 is 0 Å². The molecule has 0 aliphatic carbocycles. The van der Waals surface area contributed by atoms with Crippen molar-refractivity contribution in [1.82, 2.24) is 15.0 Å². The number of fused-ring (bicyclic) bond motifs is 1. The van der Waals surface area contributed by atoms with E-state index in [1.807, 2.05) is 0 Å². The second-order valence-electron chi connectivity index (χ2n) is 10.5. The van der Waals surface area contributed by atoms with Crippen molar-refractivity contribution >= 4 is 23.9 Å². The fraction of sp³-hybridized carbons (Fsp3) is 0.769. The van der Waals surface area contributed by atoms with Gasteiger partial charge in [0.05, 0.1) is 25.0 Å². The van der Waals surface area contributed by atoms with E-state index in [4.69, 9.17) is 47.4 Å². The van der Waals surface area contributed by atoms with Gasteiger partial charge in [-0.15, -0.1) is 5.10 Å². The van der Waals surface area contributed by atoms with Crippen molar-refractivity contribution in [2.75, 3.05) is 20.3 Å². The summed E-state index contributed by atoms with van der Waals surface area (Å²) < 4.78 is 58.3. The van der Waals surface area contributed by atoms with Crippen LogP contribution >= 0.6 is 0 Å². The first-order valence-corrected chi connectivity index (χ1v) is 13.6. The van der Waals surface area contributed by atoms with Gasteiger partial charge in [0.2, 0.25) is 0 Å². The monoisotopic (exact) mass is 615 g/mol. The molecule has 9 atom stereocenters. The Kier molecular flexibility index (Phi) is 10.3. The van der Waals surface area contributed by atoms with E-state index in [0.29, 0.717) is 5.69 Å². The number of hydrogen-bond acceptors (Lipinski definition) is 16. The van der Waals surface area contributed by atoms with Crippen molar-refractivity contribution in [2.24, 2.45) is 0 Å². The topological polar surface area (TPSA) is 191 Å². The molecule has 0 N–H and O–H groups in total. The van der Waals surface area contributed by atoms with Crippen LogP contribution in [0.4, 0.5) is 0 Å². The normalized spacial score (nSPS) is 33.0. The molecule has 3 aliphatic rings. The number of ether oxygens (including phenoxy) is 10. The zero-order valence-electron chi connectivity index (χ0n) is 25.0. The Hall–Kier alpha value is -3.22. The van der Waals surface area contributed by atoms with Crippen LogP contribution in [-0.2, 0) is 73.1 Å². The molecule has 0 radical (unpaired) electrons. The Bertz CT molecular complexity index is 1170. The van der Waals surface area contributed by atoms with Crippen LogP contribution in [0.15, 0.2) is 6.20 Å². The molecule has 0 amide bonds.